The van der Waals surface area contributed by atoms with Crippen molar-refractivity contribution in [1.82, 2.24) is 24.6 Å². The van der Waals surface area contributed by atoms with Crippen molar-refractivity contribution in [2.75, 3.05) is 25.4 Å². The van der Waals surface area contributed by atoms with Gasteiger partial charge in [-0.25, -0.2) is 19.6 Å². The molecule has 5 aromatic heterocycles. The number of aromatic nitrogens is 4. The van der Waals surface area contributed by atoms with Crippen LogP contribution in [0.15, 0.2) is 46.7 Å². The van der Waals surface area contributed by atoms with Gasteiger partial charge in [0.1, 0.15) is 5.76 Å². The molecule has 1 aliphatic heterocycles. The molecule has 6 heterocycles. The molecule has 0 unspecified atom stereocenters. The molecular formula is C30H28F6N6O7S. The number of anilines is 1. The van der Waals surface area contributed by atoms with Gasteiger partial charge in [0.2, 0.25) is 11.8 Å². The van der Waals surface area contributed by atoms with Crippen LogP contribution in [-0.2, 0) is 14.4 Å². The Balaban J connectivity index is 0.000000340. The van der Waals surface area contributed by atoms with Crippen molar-refractivity contribution in [3.8, 4) is 28.3 Å². The number of carboxylic acids is 2. The highest BCUT2D eigenvalue weighted by Gasteiger charge is 2.39. The number of carboxylic acid groups (broad SMARTS) is 2. The third kappa shape index (κ3) is 8.79. The van der Waals surface area contributed by atoms with Crippen molar-refractivity contribution in [3.63, 3.8) is 0 Å². The van der Waals surface area contributed by atoms with Crippen LogP contribution in [-0.4, -0.2) is 84.8 Å². The summed E-state index contributed by atoms with van der Waals surface area (Å²) in [7, 11) is 0. The van der Waals surface area contributed by atoms with Gasteiger partial charge in [-0.2, -0.15) is 31.4 Å². The Kier molecular flexibility index (Phi) is 11.2. The van der Waals surface area contributed by atoms with E-state index in [1.54, 1.807) is 24.5 Å². The highest BCUT2D eigenvalue weighted by molar-refractivity contribution is 7.17. The summed E-state index contributed by atoms with van der Waals surface area (Å²) in [6.45, 7) is 5.62. The Morgan fingerprint density at radius 3 is 2.16 bits per heavy atom. The molecule has 5 aromatic rings. The Morgan fingerprint density at radius 1 is 0.980 bits per heavy atom. The van der Waals surface area contributed by atoms with E-state index < -0.39 is 24.3 Å². The number of furan rings is 1. The molecule has 0 saturated carbocycles. The number of piperidine rings is 1. The predicted octanol–water partition coefficient (Wildman–Crippen LogP) is 6.40. The quantitative estimate of drug-likeness (QED) is 0.170. The van der Waals surface area contributed by atoms with Crippen LogP contribution in [0.5, 0.6) is 5.88 Å². The van der Waals surface area contributed by atoms with Gasteiger partial charge in [-0.05, 0) is 25.8 Å². The fourth-order valence-corrected chi connectivity index (χ4v) is 5.76. The topological polar surface area (TPSA) is 187 Å². The number of nitrogens with two attached hydrogens (primary N) is 1. The van der Waals surface area contributed by atoms with E-state index in [1.807, 2.05) is 47.2 Å². The van der Waals surface area contributed by atoms with Crippen LogP contribution in [0.3, 0.4) is 0 Å². The number of halogens is 6. The van der Waals surface area contributed by atoms with Crippen molar-refractivity contribution < 1.29 is 60.1 Å². The number of hydrogen-bond acceptors (Lipinski definition) is 10. The van der Waals surface area contributed by atoms with E-state index in [0.29, 0.717) is 23.9 Å². The van der Waals surface area contributed by atoms with Gasteiger partial charge in [0.05, 0.1) is 23.5 Å². The molecular weight excluding hydrogens is 702 g/mol. The van der Waals surface area contributed by atoms with Crippen LogP contribution in [0.2, 0.25) is 0 Å². The van der Waals surface area contributed by atoms with E-state index in [4.69, 9.17) is 34.7 Å². The molecule has 0 radical (unpaired) electrons. The lowest BCUT2D eigenvalue weighted by Crippen LogP contribution is -2.37. The molecule has 0 atom stereocenters. The lowest BCUT2D eigenvalue weighted by atomic mass is 10.0. The van der Waals surface area contributed by atoms with Gasteiger partial charge in [0, 0.05) is 77.5 Å². The van der Waals surface area contributed by atoms with Crippen molar-refractivity contribution in [2.24, 2.45) is 0 Å². The number of fused-ring (bicyclic) bond motifs is 2. The third-order valence-corrected chi connectivity index (χ3v) is 8.20. The van der Waals surface area contributed by atoms with Gasteiger partial charge >= 0.3 is 24.3 Å². The van der Waals surface area contributed by atoms with Gasteiger partial charge in [-0.15, -0.1) is 11.3 Å². The number of hydrogen-bond donors (Lipinski definition) is 3. The van der Waals surface area contributed by atoms with Gasteiger partial charge < -0.3 is 30.0 Å². The molecule has 1 aliphatic rings. The molecule has 0 spiro atoms. The molecule has 1 fully saturated rings. The van der Waals surface area contributed by atoms with Crippen molar-refractivity contribution in [2.45, 2.75) is 45.1 Å². The summed E-state index contributed by atoms with van der Waals surface area (Å²) in [5, 5.41) is 22.9. The number of thiophene rings is 1. The zero-order valence-electron chi connectivity index (χ0n) is 26.1. The minimum Gasteiger partial charge on any atom is -0.478 e. The minimum absolute atomic E-state index is 0.129. The van der Waals surface area contributed by atoms with Crippen LogP contribution in [0, 0.1) is 0 Å². The van der Waals surface area contributed by atoms with Crippen LogP contribution < -0.4 is 10.5 Å². The van der Waals surface area contributed by atoms with E-state index >= 15 is 0 Å². The van der Waals surface area contributed by atoms with E-state index in [-0.39, 0.29) is 11.9 Å². The minimum atomic E-state index is -5.08. The molecule has 6 rings (SSSR count). The van der Waals surface area contributed by atoms with E-state index in [9.17, 15) is 31.1 Å². The average Bonchev–Trinajstić information content (AvgIpc) is 3.80. The Bertz CT molecular complexity index is 1970. The van der Waals surface area contributed by atoms with Crippen LogP contribution in [0.4, 0.5) is 32.2 Å². The van der Waals surface area contributed by atoms with Crippen molar-refractivity contribution in [1.29, 1.82) is 0 Å². The molecule has 1 saturated heterocycles. The Labute approximate surface area is 281 Å². The first-order valence-electron chi connectivity index (χ1n) is 14.5. The first-order valence-corrected chi connectivity index (χ1v) is 15.4. The first kappa shape index (κ1) is 37.4. The second kappa shape index (κ2) is 15.0. The molecule has 0 aliphatic carbocycles. The number of ether oxygens (including phenoxy) is 1. The summed E-state index contributed by atoms with van der Waals surface area (Å²) in [6.07, 6.45) is -0.886. The standard InChI is InChI=1S/C26H26N6O3S.2C2HF3O2/c1-3-34-24-9-18-21(14-36-23(18)12-28-24)22-8-19-20(11-29-26(27)25(19)35-22)16-10-30-32(13-16)17-4-6-31(7-5-17)15(2)33;2*3-2(4,5)1(6)7/h8-14,17H,3-7H2,1-2H3,(H2,27,29);2*(H,6,7). The maximum Gasteiger partial charge on any atom is 0.490 e. The lowest BCUT2D eigenvalue weighted by Gasteiger charge is -2.31. The van der Waals surface area contributed by atoms with E-state index in [1.165, 1.54) is 0 Å². The number of nitrogens with zero attached hydrogens (tertiary/aromatic N) is 5. The summed E-state index contributed by atoms with van der Waals surface area (Å²) < 4.78 is 78.4. The van der Waals surface area contributed by atoms with E-state index in [2.05, 4.69) is 20.4 Å². The number of amides is 1. The number of likely N-dealkylation sites (tertiary alicyclic amines) is 1. The van der Waals surface area contributed by atoms with Crippen LogP contribution >= 0.6 is 11.3 Å². The SMILES string of the molecule is CCOc1cc2c(-c3cc4c(-c5cnn(C6CCN(C(C)=O)CC6)c5)cnc(N)c4o3)csc2cn1.O=C(O)C(F)(F)F.O=C(O)C(F)(F)F. The Morgan fingerprint density at radius 2 is 1.60 bits per heavy atom. The normalized spacial score (nSPS) is 13.7. The summed E-state index contributed by atoms with van der Waals surface area (Å²) in [5.41, 5.74) is 9.61. The smallest absolute Gasteiger partial charge is 0.478 e. The number of carbonyl (C=O) groups is 3. The molecule has 13 nitrogen and oxygen atoms in total. The molecule has 4 N–H and O–H groups in total. The van der Waals surface area contributed by atoms with Crippen molar-refractivity contribution in [3.05, 3.63) is 42.3 Å². The summed E-state index contributed by atoms with van der Waals surface area (Å²) in [6, 6.07) is 4.23. The number of aliphatic carboxylic acids is 2. The Hall–Kier alpha value is -5.40. The first-order chi connectivity index (χ1) is 23.4. The summed E-state index contributed by atoms with van der Waals surface area (Å²) in [5.74, 6) is -3.73. The number of pyridine rings is 2. The number of carbonyl (C=O) groups excluding carboxylic acids is 1. The predicted molar refractivity (Wildman–Crippen MR) is 167 cm³/mol. The lowest BCUT2D eigenvalue weighted by molar-refractivity contribution is -0.193. The molecule has 0 aromatic carbocycles. The largest absolute Gasteiger partial charge is 0.490 e. The number of rotatable bonds is 5. The third-order valence-electron chi connectivity index (χ3n) is 7.26. The highest BCUT2D eigenvalue weighted by atomic mass is 32.1. The second-order valence-electron chi connectivity index (χ2n) is 10.6. The molecule has 50 heavy (non-hydrogen) atoms. The molecule has 268 valence electrons. The summed E-state index contributed by atoms with van der Waals surface area (Å²) in [4.78, 5) is 40.1. The van der Waals surface area contributed by atoms with Gasteiger partial charge in [-0.1, -0.05) is 0 Å². The van der Waals surface area contributed by atoms with Crippen molar-refractivity contribution >= 4 is 56.1 Å². The monoisotopic (exact) mass is 730 g/mol. The second-order valence-corrected chi connectivity index (χ2v) is 11.5. The zero-order valence-corrected chi connectivity index (χ0v) is 26.9. The van der Waals surface area contributed by atoms with Gasteiger partial charge in [-0.3, -0.25) is 9.48 Å². The highest BCUT2D eigenvalue weighted by Crippen LogP contribution is 2.41. The molecule has 20 heteroatoms. The fraction of sp³-hybridized carbons (Fsp3) is 0.333. The maximum absolute atomic E-state index is 11.7. The van der Waals surface area contributed by atoms with Crippen LogP contribution in [0.25, 0.3) is 43.5 Å². The van der Waals surface area contributed by atoms with Gasteiger partial charge in [0.25, 0.3) is 0 Å². The summed E-state index contributed by atoms with van der Waals surface area (Å²) >= 11 is 1.61. The molecule has 1 amide bonds. The fourth-order valence-electron chi connectivity index (χ4n) is 4.86. The molecule has 0 bridgehead atoms. The van der Waals surface area contributed by atoms with Crippen LogP contribution in [0.1, 0.15) is 32.7 Å². The number of alkyl halides is 6. The van der Waals surface area contributed by atoms with E-state index in [0.717, 1.165) is 63.9 Å². The van der Waals surface area contributed by atoms with Gasteiger partial charge in [0.15, 0.2) is 11.4 Å². The average molecular weight is 731 g/mol. The zero-order chi connectivity index (χ0) is 37.0. The number of nitrogen functional groups attached to an aromatic ring is 1. The maximum atomic E-state index is 11.7.